The van der Waals surface area contributed by atoms with Crippen LogP contribution in [0.4, 0.5) is 0 Å². The van der Waals surface area contributed by atoms with Crippen LogP contribution in [0, 0.1) is 5.92 Å². The van der Waals surface area contributed by atoms with E-state index >= 15 is 0 Å². The molecule has 2 atom stereocenters. The highest BCUT2D eigenvalue weighted by Gasteiger charge is 2.32. The summed E-state index contributed by atoms with van der Waals surface area (Å²) in [6, 6.07) is 0. The molecule has 0 aromatic carbocycles. The zero-order chi connectivity index (χ0) is 8.32. The zero-order valence-corrected chi connectivity index (χ0v) is 7.34. The summed E-state index contributed by atoms with van der Waals surface area (Å²) in [6.07, 6.45) is 5.67. The third-order valence-corrected chi connectivity index (χ3v) is 3.02. The Morgan fingerprint density at radius 2 is 2.18 bits per heavy atom. The van der Waals surface area contributed by atoms with E-state index in [4.69, 9.17) is 5.73 Å². The number of nitrogens with two attached hydrogens (primary N) is 1. The van der Waals surface area contributed by atoms with E-state index in [0.29, 0.717) is 12.5 Å². The molecule has 0 spiro atoms. The molecule has 11 heavy (non-hydrogen) atoms. The predicted molar refractivity (Wildman–Crippen MR) is 46.3 cm³/mol. The Hall–Kier alpha value is -0.0800. The minimum atomic E-state index is -0.559. The topological polar surface area (TPSA) is 46.2 Å². The largest absolute Gasteiger partial charge is 0.388 e. The van der Waals surface area contributed by atoms with Crippen molar-refractivity contribution in [2.75, 3.05) is 6.54 Å². The van der Waals surface area contributed by atoms with Gasteiger partial charge in [0.2, 0.25) is 0 Å². The highest BCUT2D eigenvalue weighted by atomic mass is 16.3. The van der Waals surface area contributed by atoms with E-state index in [0.717, 1.165) is 19.3 Å². The van der Waals surface area contributed by atoms with Crippen LogP contribution in [-0.4, -0.2) is 17.3 Å². The molecule has 0 aromatic rings. The molecule has 1 rings (SSSR count). The maximum Gasteiger partial charge on any atom is 0.0794 e. The summed E-state index contributed by atoms with van der Waals surface area (Å²) >= 11 is 0. The Labute approximate surface area is 68.8 Å². The Kier molecular flexibility index (Phi) is 2.90. The van der Waals surface area contributed by atoms with Gasteiger partial charge in [0.15, 0.2) is 0 Å². The van der Waals surface area contributed by atoms with Gasteiger partial charge in [-0.1, -0.05) is 26.2 Å². The van der Waals surface area contributed by atoms with Crippen molar-refractivity contribution in [3.8, 4) is 0 Å². The molecule has 2 unspecified atom stereocenters. The van der Waals surface area contributed by atoms with Crippen molar-refractivity contribution in [1.29, 1.82) is 0 Å². The summed E-state index contributed by atoms with van der Waals surface area (Å²) < 4.78 is 0. The molecular weight excluding hydrogens is 138 g/mol. The van der Waals surface area contributed by atoms with Gasteiger partial charge in [0.1, 0.15) is 0 Å². The number of hydrogen-bond acceptors (Lipinski definition) is 2. The molecule has 1 fully saturated rings. The highest BCUT2D eigenvalue weighted by molar-refractivity contribution is 4.86. The quantitative estimate of drug-likeness (QED) is 0.563. The van der Waals surface area contributed by atoms with Crippen LogP contribution in [0.15, 0.2) is 0 Å². The maximum absolute atomic E-state index is 10.0. The van der Waals surface area contributed by atoms with Crippen molar-refractivity contribution in [3.05, 3.63) is 0 Å². The van der Waals surface area contributed by atoms with Gasteiger partial charge < -0.3 is 10.8 Å². The van der Waals surface area contributed by atoms with Crippen LogP contribution in [-0.2, 0) is 0 Å². The minimum Gasteiger partial charge on any atom is -0.388 e. The molecule has 2 heteroatoms. The summed E-state index contributed by atoms with van der Waals surface area (Å²) in [5.41, 5.74) is 4.99. The summed E-state index contributed by atoms with van der Waals surface area (Å²) in [4.78, 5) is 0. The fourth-order valence-electron chi connectivity index (χ4n) is 1.88. The summed E-state index contributed by atoms with van der Waals surface area (Å²) in [7, 11) is 0. The Morgan fingerprint density at radius 3 is 2.82 bits per heavy atom. The number of rotatable bonds is 1. The van der Waals surface area contributed by atoms with Gasteiger partial charge in [0.25, 0.3) is 0 Å². The zero-order valence-electron chi connectivity index (χ0n) is 7.34. The van der Waals surface area contributed by atoms with Gasteiger partial charge in [0.05, 0.1) is 5.60 Å². The van der Waals surface area contributed by atoms with Gasteiger partial charge >= 0.3 is 0 Å². The Bertz CT molecular complexity index is 127. The van der Waals surface area contributed by atoms with Gasteiger partial charge in [-0.2, -0.15) is 0 Å². The fourth-order valence-corrected chi connectivity index (χ4v) is 1.88. The second-order valence-electron chi connectivity index (χ2n) is 3.81. The lowest BCUT2D eigenvalue weighted by Gasteiger charge is -2.31. The summed E-state index contributed by atoms with van der Waals surface area (Å²) in [5, 5.41) is 10.0. The Balaban J connectivity index is 2.58. The van der Waals surface area contributed by atoms with E-state index in [9.17, 15) is 5.11 Å². The van der Waals surface area contributed by atoms with Gasteiger partial charge in [-0.05, 0) is 18.8 Å². The molecule has 1 aliphatic carbocycles. The molecule has 0 radical (unpaired) electrons. The highest BCUT2D eigenvalue weighted by Crippen LogP contribution is 2.31. The van der Waals surface area contributed by atoms with E-state index in [1.165, 1.54) is 12.8 Å². The van der Waals surface area contributed by atoms with Crippen molar-refractivity contribution in [2.45, 2.75) is 44.6 Å². The van der Waals surface area contributed by atoms with Crippen LogP contribution < -0.4 is 5.73 Å². The van der Waals surface area contributed by atoms with E-state index < -0.39 is 5.60 Å². The molecule has 0 aliphatic heterocycles. The average molecular weight is 157 g/mol. The van der Waals surface area contributed by atoms with E-state index in [-0.39, 0.29) is 0 Å². The SMILES string of the molecule is CC1CCCCCC1(O)CN. The molecule has 1 aliphatic rings. The number of aliphatic hydroxyl groups is 1. The number of hydrogen-bond donors (Lipinski definition) is 2. The normalized spacial score (nSPS) is 40.1. The lowest BCUT2D eigenvalue weighted by atomic mass is 9.85. The van der Waals surface area contributed by atoms with Crippen molar-refractivity contribution in [1.82, 2.24) is 0 Å². The Morgan fingerprint density at radius 1 is 1.45 bits per heavy atom. The van der Waals surface area contributed by atoms with Crippen LogP contribution in [0.2, 0.25) is 0 Å². The van der Waals surface area contributed by atoms with Crippen LogP contribution in [0.3, 0.4) is 0 Å². The molecule has 66 valence electrons. The predicted octanol–water partition coefficient (Wildman–Crippen LogP) is 1.28. The first-order chi connectivity index (χ1) is 5.19. The molecule has 1 saturated carbocycles. The standard InChI is InChI=1S/C9H19NO/c1-8-5-3-2-4-6-9(8,11)7-10/h8,11H,2-7,10H2,1H3. The second kappa shape index (κ2) is 3.55. The van der Waals surface area contributed by atoms with Gasteiger partial charge in [-0.3, -0.25) is 0 Å². The smallest absolute Gasteiger partial charge is 0.0794 e. The monoisotopic (exact) mass is 157 g/mol. The lowest BCUT2D eigenvalue weighted by molar-refractivity contribution is -0.00905. The van der Waals surface area contributed by atoms with Crippen LogP contribution in [0.25, 0.3) is 0 Å². The molecule has 0 heterocycles. The van der Waals surface area contributed by atoms with Crippen molar-refractivity contribution in [2.24, 2.45) is 11.7 Å². The van der Waals surface area contributed by atoms with Crippen molar-refractivity contribution < 1.29 is 5.11 Å². The van der Waals surface area contributed by atoms with Crippen molar-refractivity contribution >= 4 is 0 Å². The second-order valence-corrected chi connectivity index (χ2v) is 3.81. The van der Waals surface area contributed by atoms with E-state index in [2.05, 4.69) is 6.92 Å². The van der Waals surface area contributed by atoms with E-state index in [1.54, 1.807) is 0 Å². The van der Waals surface area contributed by atoms with Crippen LogP contribution >= 0.6 is 0 Å². The molecule has 0 saturated heterocycles. The third kappa shape index (κ3) is 1.94. The van der Waals surface area contributed by atoms with E-state index in [1.807, 2.05) is 0 Å². The lowest BCUT2D eigenvalue weighted by Crippen LogP contribution is -2.43. The molecule has 0 aromatic heterocycles. The first-order valence-corrected chi connectivity index (χ1v) is 4.61. The molecular formula is C9H19NO. The van der Waals surface area contributed by atoms with Crippen LogP contribution in [0.1, 0.15) is 39.0 Å². The molecule has 2 nitrogen and oxygen atoms in total. The fraction of sp³-hybridized carbons (Fsp3) is 1.00. The third-order valence-electron chi connectivity index (χ3n) is 3.02. The minimum absolute atomic E-state index is 0.384. The van der Waals surface area contributed by atoms with Gasteiger partial charge in [-0.15, -0.1) is 0 Å². The first-order valence-electron chi connectivity index (χ1n) is 4.61. The maximum atomic E-state index is 10.0. The summed E-state index contributed by atoms with van der Waals surface area (Å²) in [5.74, 6) is 0.384. The van der Waals surface area contributed by atoms with Crippen LogP contribution in [0.5, 0.6) is 0 Å². The average Bonchev–Trinajstić information content (AvgIpc) is 2.16. The summed E-state index contributed by atoms with van der Waals surface area (Å²) in [6.45, 7) is 2.53. The molecule has 0 amide bonds. The first kappa shape index (κ1) is 9.01. The molecule has 0 bridgehead atoms. The molecule has 3 N–H and O–H groups in total. The van der Waals surface area contributed by atoms with Gasteiger partial charge in [-0.25, -0.2) is 0 Å². The van der Waals surface area contributed by atoms with Gasteiger partial charge in [0, 0.05) is 6.54 Å². The van der Waals surface area contributed by atoms with Crippen molar-refractivity contribution in [3.63, 3.8) is 0 Å².